The van der Waals surface area contributed by atoms with E-state index >= 15 is 0 Å². The highest BCUT2D eigenvalue weighted by Gasteiger charge is 2.33. The highest BCUT2D eigenvalue weighted by Crippen LogP contribution is 2.32. The van der Waals surface area contributed by atoms with Crippen molar-refractivity contribution in [2.75, 3.05) is 0 Å². The predicted octanol–water partition coefficient (Wildman–Crippen LogP) is 4.67. The van der Waals surface area contributed by atoms with E-state index in [4.69, 9.17) is 9.47 Å². The number of thiophene rings is 1. The Bertz CT molecular complexity index is 542. The summed E-state index contributed by atoms with van der Waals surface area (Å²) in [5.41, 5.74) is 0.425. The maximum atomic E-state index is 12.5. The molecule has 5 heteroatoms. The summed E-state index contributed by atoms with van der Waals surface area (Å²) in [6.45, 7) is 7.71. The number of esters is 2. The van der Waals surface area contributed by atoms with Crippen molar-refractivity contribution in [1.82, 2.24) is 0 Å². The molecule has 0 aliphatic heterocycles. The van der Waals surface area contributed by atoms with Gasteiger partial charge in [0, 0.05) is 5.56 Å². The normalized spacial score (nSPS) is 22.7. The van der Waals surface area contributed by atoms with E-state index in [1.165, 1.54) is 0 Å². The molecule has 0 aromatic carbocycles. The minimum atomic E-state index is -0.600. The number of ether oxygens (including phenoxy) is 2. The molecule has 24 heavy (non-hydrogen) atoms. The summed E-state index contributed by atoms with van der Waals surface area (Å²) in [6, 6.07) is 1.99. The fraction of sp³-hybridized carbons (Fsp3) is 0.684. The molecular formula is C19H28O4S. The molecule has 0 amide bonds. The van der Waals surface area contributed by atoms with Gasteiger partial charge >= 0.3 is 11.9 Å². The molecule has 1 aromatic rings. The Morgan fingerprint density at radius 2 is 1.96 bits per heavy atom. The third-order valence-corrected chi connectivity index (χ3v) is 5.56. The summed E-state index contributed by atoms with van der Waals surface area (Å²) in [4.78, 5) is 24.3. The van der Waals surface area contributed by atoms with E-state index in [1.807, 2.05) is 44.5 Å². The van der Waals surface area contributed by atoms with Gasteiger partial charge < -0.3 is 9.47 Å². The maximum Gasteiger partial charge on any atom is 0.309 e. The van der Waals surface area contributed by atoms with Crippen molar-refractivity contribution in [2.24, 2.45) is 11.8 Å². The van der Waals surface area contributed by atoms with Crippen molar-refractivity contribution in [2.45, 2.75) is 71.5 Å². The largest absolute Gasteiger partial charge is 0.462 e. The number of carbonyl (C=O) groups excluding carboxylic acids is 2. The molecule has 1 aliphatic carbocycles. The molecule has 0 bridgehead atoms. The molecule has 1 aromatic heterocycles. The standard InChI is InChI=1S/C19H28O4S/c1-5-13(2)17(20)22-16-8-6-14(7-9-16)18(21)23-19(3,4)15-10-11-24-12-15/h10-14,16H,5-9H2,1-4H3. The van der Waals surface area contributed by atoms with Crippen LogP contribution in [0, 0.1) is 11.8 Å². The first-order chi connectivity index (χ1) is 11.3. The zero-order valence-electron chi connectivity index (χ0n) is 15.0. The van der Waals surface area contributed by atoms with Gasteiger partial charge in [-0.1, -0.05) is 13.8 Å². The third kappa shape index (κ3) is 4.82. The van der Waals surface area contributed by atoms with Crippen LogP contribution in [0.4, 0.5) is 0 Å². The number of rotatable bonds is 6. The van der Waals surface area contributed by atoms with E-state index in [9.17, 15) is 9.59 Å². The van der Waals surface area contributed by atoms with Crippen LogP contribution in [0.15, 0.2) is 16.8 Å². The zero-order chi connectivity index (χ0) is 17.7. The van der Waals surface area contributed by atoms with E-state index in [0.717, 1.165) is 37.7 Å². The molecule has 1 aliphatic rings. The van der Waals surface area contributed by atoms with Crippen molar-refractivity contribution in [1.29, 1.82) is 0 Å². The molecule has 0 radical (unpaired) electrons. The lowest BCUT2D eigenvalue weighted by Crippen LogP contribution is -2.33. The molecule has 0 N–H and O–H groups in total. The fourth-order valence-electron chi connectivity index (χ4n) is 2.86. The fourth-order valence-corrected chi connectivity index (χ4v) is 3.68. The summed E-state index contributed by atoms with van der Waals surface area (Å²) in [6.07, 6.45) is 3.65. The third-order valence-electron chi connectivity index (χ3n) is 4.88. The van der Waals surface area contributed by atoms with Crippen LogP contribution in [0.5, 0.6) is 0 Å². The Kier molecular flexibility index (Phi) is 6.44. The summed E-state index contributed by atoms with van der Waals surface area (Å²) in [5.74, 6) is -0.416. The molecule has 1 fully saturated rings. The average molecular weight is 352 g/mol. The van der Waals surface area contributed by atoms with Crippen LogP contribution < -0.4 is 0 Å². The Hall–Kier alpha value is -1.36. The molecule has 4 nitrogen and oxygen atoms in total. The van der Waals surface area contributed by atoms with Gasteiger partial charge in [0.25, 0.3) is 0 Å². The predicted molar refractivity (Wildman–Crippen MR) is 94.7 cm³/mol. The first kappa shape index (κ1) is 19.0. The second-order valence-electron chi connectivity index (χ2n) is 7.16. The van der Waals surface area contributed by atoms with Gasteiger partial charge in [-0.25, -0.2) is 0 Å². The summed E-state index contributed by atoms with van der Waals surface area (Å²) in [7, 11) is 0. The molecule has 0 spiro atoms. The van der Waals surface area contributed by atoms with Gasteiger partial charge in [0.1, 0.15) is 11.7 Å². The van der Waals surface area contributed by atoms with E-state index in [-0.39, 0.29) is 29.9 Å². The van der Waals surface area contributed by atoms with Gasteiger partial charge in [0.2, 0.25) is 0 Å². The highest BCUT2D eigenvalue weighted by atomic mass is 32.1. The second kappa shape index (κ2) is 8.15. The van der Waals surface area contributed by atoms with Crippen LogP contribution in [-0.4, -0.2) is 18.0 Å². The molecule has 1 saturated carbocycles. The van der Waals surface area contributed by atoms with Crippen LogP contribution in [0.1, 0.15) is 65.4 Å². The maximum absolute atomic E-state index is 12.5. The van der Waals surface area contributed by atoms with Crippen molar-refractivity contribution >= 4 is 23.3 Å². The van der Waals surface area contributed by atoms with Crippen LogP contribution in [0.3, 0.4) is 0 Å². The second-order valence-corrected chi connectivity index (χ2v) is 7.94. The summed E-state index contributed by atoms with van der Waals surface area (Å²) < 4.78 is 11.3. The molecule has 134 valence electrons. The Morgan fingerprint density at radius 1 is 1.29 bits per heavy atom. The number of hydrogen-bond donors (Lipinski definition) is 0. The molecule has 0 saturated heterocycles. The molecule has 1 unspecified atom stereocenters. The van der Waals surface area contributed by atoms with Gasteiger partial charge in [-0.2, -0.15) is 11.3 Å². The van der Waals surface area contributed by atoms with Crippen molar-refractivity contribution in [3.63, 3.8) is 0 Å². The number of hydrogen-bond acceptors (Lipinski definition) is 5. The lowest BCUT2D eigenvalue weighted by molar-refractivity contribution is -0.166. The van der Waals surface area contributed by atoms with Crippen molar-refractivity contribution in [3.05, 3.63) is 22.4 Å². The van der Waals surface area contributed by atoms with Gasteiger partial charge in [-0.05, 0) is 62.8 Å². The zero-order valence-corrected chi connectivity index (χ0v) is 15.9. The first-order valence-corrected chi connectivity index (χ1v) is 9.73. The minimum Gasteiger partial charge on any atom is -0.462 e. The quantitative estimate of drug-likeness (QED) is 0.698. The van der Waals surface area contributed by atoms with E-state index in [1.54, 1.807) is 11.3 Å². The van der Waals surface area contributed by atoms with Gasteiger partial charge in [-0.3, -0.25) is 9.59 Å². The lowest BCUT2D eigenvalue weighted by atomic mass is 9.87. The molecule has 1 atom stereocenters. The van der Waals surface area contributed by atoms with Gasteiger partial charge in [0.15, 0.2) is 0 Å². The van der Waals surface area contributed by atoms with E-state index in [2.05, 4.69) is 0 Å². The van der Waals surface area contributed by atoms with E-state index in [0.29, 0.717) is 0 Å². The SMILES string of the molecule is CCC(C)C(=O)OC1CCC(C(=O)OC(C)(C)c2ccsc2)CC1. The minimum absolute atomic E-state index is 0.0552. The van der Waals surface area contributed by atoms with Gasteiger partial charge in [0.05, 0.1) is 11.8 Å². The summed E-state index contributed by atoms with van der Waals surface area (Å²) in [5, 5.41) is 4.00. The van der Waals surface area contributed by atoms with Gasteiger partial charge in [-0.15, -0.1) is 0 Å². The number of carbonyl (C=O) groups is 2. The highest BCUT2D eigenvalue weighted by molar-refractivity contribution is 7.08. The Balaban J connectivity index is 1.81. The Morgan fingerprint density at radius 3 is 2.50 bits per heavy atom. The van der Waals surface area contributed by atoms with Crippen LogP contribution >= 0.6 is 11.3 Å². The van der Waals surface area contributed by atoms with Crippen molar-refractivity contribution in [3.8, 4) is 0 Å². The van der Waals surface area contributed by atoms with Crippen molar-refractivity contribution < 1.29 is 19.1 Å². The van der Waals surface area contributed by atoms with Crippen LogP contribution in [-0.2, 0) is 24.7 Å². The Labute approximate surface area is 148 Å². The molecule has 2 rings (SSSR count). The monoisotopic (exact) mass is 352 g/mol. The van der Waals surface area contributed by atoms with E-state index < -0.39 is 5.60 Å². The smallest absolute Gasteiger partial charge is 0.309 e. The topological polar surface area (TPSA) is 52.6 Å². The van der Waals surface area contributed by atoms with Crippen LogP contribution in [0.25, 0.3) is 0 Å². The molecular weight excluding hydrogens is 324 g/mol. The lowest BCUT2D eigenvalue weighted by Gasteiger charge is -2.31. The first-order valence-electron chi connectivity index (χ1n) is 8.79. The average Bonchev–Trinajstić information content (AvgIpc) is 3.09. The van der Waals surface area contributed by atoms with Crippen LogP contribution in [0.2, 0.25) is 0 Å². The molecule has 1 heterocycles. The summed E-state index contributed by atoms with van der Waals surface area (Å²) >= 11 is 1.60.